The molecule has 2 amide bonds. The Labute approximate surface area is 180 Å². The number of hydrogen-bond donors (Lipinski definition) is 2. The molecule has 1 fully saturated rings. The summed E-state index contributed by atoms with van der Waals surface area (Å²) in [5.41, 5.74) is 3.77. The van der Waals surface area contributed by atoms with E-state index >= 15 is 0 Å². The van der Waals surface area contributed by atoms with E-state index in [0.717, 1.165) is 47.7 Å². The number of anilines is 2. The number of thiazole rings is 1. The number of amides is 2. The van der Waals surface area contributed by atoms with E-state index in [2.05, 4.69) is 21.6 Å². The van der Waals surface area contributed by atoms with E-state index < -0.39 is 11.8 Å². The van der Waals surface area contributed by atoms with Gasteiger partial charge in [0.15, 0.2) is 5.13 Å². The van der Waals surface area contributed by atoms with Crippen molar-refractivity contribution in [1.82, 2.24) is 10.3 Å². The van der Waals surface area contributed by atoms with Gasteiger partial charge in [-0.15, -0.1) is 0 Å². The van der Waals surface area contributed by atoms with E-state index in [9.17, 15) is 9.59 Å². The van der Waals surface area contributed by atoms with Gasteiger partial charge in [0, 0.05) is 25.3 Å². The van der Waals surface area contributed by atoms with Crippen molar-refractivity contribution in [2.75, 3.05) is 29.9 Å². The van der Waals surface area contributed by atoms with E-state index in [4.69, 9.17) is 4.98 Å². The van der Waals surface area contributed by atoms with Crippen LogP contribution >= 0.6 is 11.3 Å². The molecule has 0 spiro atoms. The number of aromatic nitrogens is 1. The number of aryl methyl sites for hydroxylation is 1. The van der Waals surface area contributed by atoms with Crippen LogP contribution in [0.1, 0.15) is 24.0 Å². The van der Waals surface area contributed by atoms with Gasteiger partial charge in [0.25, 0.3) is 0 Å². The highest BCUT2D eigenvalue weighted by atomic mass is 32.1. The Bertz CT molecular complexity index is 1040. The Morgan fingerprint density at radius 1 is 1.07 bits per heavy atom. The first-order valence-electron chi connectivity index (χ1n) is 10.3. The predicted octanol–water partition coefficient (Wildman–Crippen LogP) is 3.88. The lowest BCUT2D eigenvalue weighted by molar-refractivity contribution is -0.136. The van der Waals surface area contributed by atoms with E-state index in [1.165, 1.54) is 4.70 Å². The standard InChI is InChI=1S/C23H26N4O2S/c1-15-6-5-8-18(16(15)2)25-22(29)21(28)24-14-17-10-12-27(13-11-17)23-26-19-7-3-4-9-20(19)30-23/h3-9,17H,10-14H2,1-2H3,(H,24,28)(H,25,29). The fraction of sp³-hybridized carbons (Fsp3) is 0.348. The van der Waals surface area contributed by atoms with Gasteiger partial charge in [0.1, 0.15) is 0 Å². The van der Waals surface area contributed by atoms with Crippen molar-refractivity contribution in [1.29, 1.82) is 0 Å². The predicted molar refractivity (Wildman–Crippen MR) is 122 cm³/mol. The zero-order chi connectivity index (χ0) is 21.1. The molecule has 4 rings (SSSR count). The SMILES string of the molecule is Cc1cccc(NC(=O)C(=O)NCC2CCN(c3nc4ccccc4s3)CC2)c1C. The van der Waals surface area contributed by atoms with Gasteiger partial charge in [-0.25, -0.2) is 4.98 Å². The third kappa shape index (κ3) is 4.46. The number of nitrogens with zero attached hydrogens (tertiary/aromatic N) is 2. The number of benzene rings is 2. The summed E-state index contributed by atoms with van der Waals surface area (Å²) < 4.78 is 1.21. The first-order chi connectivity index (χ1) is 14.5. The van der Waals surface area contributed by atoms with E-state index in [0.29, 0.717) is 18.2 Å². The first-order valence-corrected chi connectivity index (χ1v) is 11.1. The second-order valence-electron chi connectivity index (χ2n) is 7.81. The van der Waals surface area contributed by atoms with Crippen LogP contribution in [0.25, 0.3) is 10.2 Å². The molecule has 2 heterocycles. The zero-order valence-corrected chi connectivity index (χ0v) is 18.1. The highest BCUT2D eigenvalue weighted by Gasteiger charge is 2.23. The molecule has 1 aliphatic heterocycles. The monoisotopic (exact) mass is 422 g/mol. The first kappa shape index (κ1) is 20.3. The molecule has 0 unspecified atom stereocenters. The number of para-hydroxylation sites is 1. The van der Waals surface area contributed by atoms with E-state index in [1.807, 2.05) is 50.2 Å². The molecule has 156 valence electrons. The Hall–Kier alpha value is -2.93. The molecule has 1 aliphatic rings. The van der Waals surface area contributed by atoms with Crippen LogP contribution in [0.3, 0.4) is 0 Å². The lowest BCUT2D eigenvalue weighted by Crippen LogP contribution is -2.41. The molecule has 0 bridgehead atoms. The average Bonchev–Trinajstić information content (AvgIpc) is 3.20. The molecule has 2 aromatic carbocycles. The summed E-state index contributed by atoms with van der Waals surface area (Å²) in [6, 6.07) is 13.8. The van der Waals surface area contributed by atoms with Crippen LogP contribution in [0.4, 0.5) is 10.8 Å². The minimum atomic E-state index is -0.615. The Morgan fingerprint density at radius 3 is 2.60 bits per heavy atom. The molecular weight excluding hydrogens is 396 g/mol. The fourth-order valence-corrected chi connectivity index (χ4v) is 4.72. The quantitative estimate of drug-likeness (QED) is 0.626. The van der Waals surface area contributed by atoms with Crippen molar-refractivity contribution in [3.63, 3.8) is 0 Å². The maximum atomic E-state index is 12.2. The van der Waals surface area contributed by atoms with Crippen molar-refractivity contribution < 1.29 is 9.59 Å². The number of fused-ring (bicyclic) bond motifs is 1. The molecule has 3 aromatic rings. The van der Waals surface area contributed by atoms with Gasteiger partial charge in [-0.2, -0.15) is 0 Å². The number of nitrogens with one attached hydrogen (secondary N) is 2. The zero-order valence-electron chi connectivity index (χ0n) is 17.3. The molecule has 0 saturated carbocycles. The van der Waals surface area contributed by atoms with Gasteiger partial charge < -0.3 is 15.5 Å². The second-order valence-corrected chi connectivity index (χ2v) is 8.82. The van der Waals surface area contributed by atoms with Crippen molar-refractivity contribution >= 4 is 44.2 Å². The van der Waals surface area contributed by atoms with Crippen LogP contribution in [-0.4, -0.2) is 36.4 Å². The van der Waals surface area contributed by atoms with Gasteiger partial charge in [-0.3, -0.25) is 9.59 Å². The molecular formula is C23H26N4O2S. The lowest BCUT2D eigenvalue weighted by Gasteiger charge is -2.31. The smallest absolute Gasteiger partial charge is 0.313 e. The van der Waals surface area contributed by atoms with E-state index in [-0.39, 0.29) is 0 Å². The van der Waals surface area contributed by atoms with Crippen molar-refractivity contribution in [3.8, 4) is 0 Å². The largest absolute Gasteiger partial charge is 0.348 e. The highest BCUT2D eigenvalue weighted by Crippen LogP contribution is 2.31. The summed E-state index contributed by atoms with van der Waals surface area (Å²) in [6.45, 7) is 6.25. The van der Waals surface area contributed by atoms with Gasteiger partial charge >= 0.3 is 11.8 Å². The maximum Gasteiger partial charge on any atom is 0.313 e. The fourth-order valence-electron chi connectivity index (χ4n) is 3.71. The van der Waals surface area contributed by atoms with Crippen molar-refractivity contribution in [3.05, 3.63) is 53.6 Å². The van der Waals surface area contributed by atoms with Gasteiger partial charge in [0.2, 0.25) is 0 Å². The van der Waals surface area contributed by atoms with E-state index in [1.54, 1.807) is 11.3 Å². The third-order valence-corrected chi connectivity index (χ3v) is 6.88. The Kier molecular flexibility index (Phi) is 5.99. The molecule has 7 heteroatoms. The van der Waals surface area contributed by atoms with Gasteiger partial charge in [-0.05, 0) is 61.9 Å². The average molecular weight is 423 g/mol. The summed E-state index contributed by atoms with van der Waals surface area (Å²) in [5, 5.41) is 6.58. The van der Waals surface area contributed by atoms with Crippen LogP contribution in [0.5, 0.6) is 0 Å². The minimum absolute atomic E-state index is 0.369. The number of carbonyl (C=O) groups excluding carboxylic acids is 2. The maximum absolute atomic E-state index is 12.2. The number of piperidine rings is 1. The summed E-state index contributed by atoms with van der Waals surface area (Å²) in [4.78, 5) is 31.5. The van der Waals surface area contributed by atoms with Crippen molar-refractivity contribution in [2.24, 2.45) is 5.92 Å². The summed E-state index contributed by atoms with van der Waals surface area (Å²) >= 11 is 1.72. The Balaban J connectivity index is 1.25. The number of carbonyl (C=O) groups is 2. The van der Waals surface area contributed by atoms with Crippen LogP contribution < -0.4 is 15.5 Å². The molecule has 0 atom stereocenters. The van der Waals surface area contributed by atoms with Gasteiger partial charge in [0.05, 0.1) is 10.2 Å². The van der Waals surface area contributed by atoms with Gasteiger partial charge in [-0.1, -0.05) is 35.6 Å². The van der Waals surface area contributed by atoms with Crippen molar-refractivity contribution in [2.45, 2.75) is 26.7 Å². The molecule has 1 saturated heterocycles. The second kappa shape index (κ2) is 8.83. The summed E-state index contributed by atoms with van der Waals surface area (Å²) in [7, 11) is 0. The van der Waals surface area contributed by atoms with Crippen LogP contribution in [0.2, 0.25) is 0 Å². The minimum Gasteiger partial charge on any atom is -0.348 e. The Morgan fingerprint density at radius 2 is 1.83 bits per heavy atom. The number of hydrogen-bond acceptors (Lipinski definition) is 5. The topological polar surface area (TPSA) is 74.3 Å². The molecule has 2 N–H and O–H groups in total. The van der Waals surface area contributed by atoms with Crippen LogP contribution in [-0.2, 0) is 9.59 Å². The third-order valence-electron chi connectivity index (χ3n) is 5.78. The molecule has 0 aliphatic carbocycles. The van der Waals surface area contributed by atoms with Crippen LogP contribution in [0, 0.1) is 19.8 Å². The highest BCUT2D eigenvalue weighted by molar-refractivity contribution is 7.22. The molecule has 30 heavy (non-hydrogen) atoms. The number of rotatable bonds is 4. The summed E-state index contributed by atoms with van der Waals surface area (Å²) in [5.74, 6) is -0.826. The lowest BCUT2D eigenvalue weighted by atomic mass is 9.97. The molecule has 6 nitrogen and oxygen atoms in total. The summed E-state index contributed by atoms with van der Waals surface area (Å²) in [6.07, 6.45) is 1.93. The van der Waals surface area contributed by atoms with Crippen LogP contribution in [0.15, 0.2) is 42.5 Å². The normalized spacial score (nSPS) is 14.7. The molecule has 0 radical (unpaired) electrons. The molecule has 1 aromatic heterocycles.